The van der Waals surface area contributed by atoms with Crippen LogP contribution in [0.15, 0.2) is 83.9 Å². The van der Waals surface area contributed by atoms with Crippen molar-refractivity contribution in [2.45, 2.75) is 33.2 Å². The molecular formula is C28H29IN6O3. The highest BCUT2D eigenvalue weighted by Crippen LogP contribution is 2.30. The van der Waals surface area contributed by atoms with E-state index in [2.05, 4.69) is 21.7 Å². The van der Waals surface area contributed by atoms with Crippen molar-refractivity contribution >= 4 is 46.2 Å². The summed E-state index contributed by atoms with van der Waals surface area (Å²) >= 11 is 1.77. The number of halogens is 1. The van der Waals surface area contributed by atoms with E-state index < -0.39 is 6.04 Å². The molecule has 1 atom stereocenters. The van der Waals surface area contributed by atoms with Gasteiger partial charge in [0.2, 0.25) is 5.91 Å². The largest absolute Gasteiger partial charge is 0.382 e. The van der Waals surface area contributed by atoms with Gasteiger partial charge in [0.05, 0.1) is 12.6 Å². The number of amides is 2. The smallest absolute Gasteiger partial charge is 0.255 e. The molecule has 9 nitrogen and oxygen atoms in total. The first kappa shape index (κ1) is 27.3. The van der Waals surface area contributed by atoms with Crippen molar-refractivity contribution in [2.75, 3.05) is 12.3 Å². The number of benzene rings is 1. The quantitative estimate of drug-likeness (QED) is 0.240. The summed E-state index contributed by atoms with van der Waals surface area (Å²) in [7, 11) is 0. The maximum Gasteiger partial charge on any atom is 0.255 e. The fraction of sp³-hybridized carbons (Fsp3) is 0.214. The summed E-state index contributed by atoms with van der Waals surface area (Å²) in [4.78, 5) is 34.3. The van der Waals surface area contributed by atoms with E-state index >= 15 is 0 Å². The minimum absolute atomic E-state index is 0.191. The molecule has 196 valence electrons. The Morgan fingerprint density at radius 2 is 2.00 bits per heavy atom. The molecule has 2 heterocycles. The van der Waals surface area contributed by atoms with Crippen LogP contribution in [0.3, 0.4) is 0 Å². The molecule has 1 aliphatic rings. The normalized spacial score (nSPS) is 14.5. The minimum Gasteiger partial charge on any atom is -0.382 e. The third-order valence-electron chi connectivity index (χ3n) is 6.16. The first-order valence-electron chi connectivity index (χ1n) is 12.1. The molecular weight excluding hydrogens is 595 g/mol. The lowest BCUT2D eigenvalue weighted by Crippen LogP contribution is -2.26. The number of hydrogen-bond acceptors (Lipinski definition) is 6. The Morgan fingerprint density at radius 1 is 1.24 bits per heavy atom. The number of hydrogen-bond donors (Lipinski definition) is 3. The van der Waals surface area contributed by atoms with Crippen molar-refractivity contribution in [2.24, 2.45) is 0 Å². The number of anilines is 1. The van der Waals surface area contributed by atoms with Gasteiger partial charge in [-0.25, -0.2) is 9.97 Å². The second-order valence-electron chi connectivity index (χ2n) is 8.97. The lowest BCUT2D eigenvalue weighted by atomic mass is 10.1. The van der Waals surface area contributed by atoms with E-state index in [0.717, 1.165) is 28.8 Å². The van der Waals surface area contributed by atoms with Gasteiger partial charge in [-0.15, -0.1) is 0 Å². The Labute approximate surface area is 235 Å². The van der Waals surface area contributed by atoms with E-state index in [1.165, 1.54) is 6.08 Å². The molecule has 4 N–H and O–H groups in total. The van der Waals surface area contributed by atoms with Crippen molar-refractivity contribution in [3.63, 3.8) is 0 Å². The zero-order chi connectivity index (χ0) is 27.2. The van der Waals surface area contributed by atoms with E-state index in [-0.39, 0.29) is 11.8 Å². The first-order valence-corrected chi connectivity index (χ1v) is 13.0. The highest BCUT2D eigenvalue weighted by atomic mass is 127. The van der Waals surface area contributed by atoms with Crippen LogP contribution in [0.1, 0.15) is 49.4 Å². The minimum atomic E-state index is -0.414. The molecule has 0 spiro atoms. The topological polar surface area (TPSA) is 124 Å². The second-order valence-corrected chi connectivity index (χ2v) is 9.59. The fourth-order valence-corrected chi connectivity index (χ4v) is 4.29. The van der Waals surface area contributed by atoms with Crippen LogP contribution in [0.25, 0.3) is 16.8 Å². The predicted octanol–water partition coefficient (Wildman–Crippen LogP) is 4.99. The van der Waals surface area contributed by atoms with Crippen LogP contribution >= 0.6 is 23.0 Å². The fourth-order valence-electron chi connectivity index (χ4n) is 4.08. The molecule has 0 fully saturated rings. The van der Waals surface area contributed by atoms with Gasteiger partial charge in [0.1, 0.15) is 45.9 Å². The molecule has 10 heteroatoms. The summed E-state index contributed by atoms with van der Waals surface area (Å²) in [6.07, 6.45) is 13.3. The number of fused-ring (bicyclic) bond motifs is 1. The van der Waals surface area contributed by atoms with E-state index in [4.69, 9.17) is 13.8 Å². The molecule has 0 saturated carbocycles. The summed E-state index contributed by atoms with van der Waals surface area (Å²) in [5.41, 5.74) is 11.8. The Morgan fingerprint density at radius 3 is 2.74 bits per heavy atom. The highest BCUT2D eigenvalue weighted by Gasteiger charge is 2.21. The van der Waals surface area contributed by atoms with Crippen molar-refractivity contribution in [3.8, 4) is 11.3 Å². The van der Waals surface area contributed by atoms with Crippen LogP contribution in [0.5, 0.6) is 0 Å². The third kappa shape index (κ3) is 6.20. The third-order valence-corrected chi connectivity index (χ3v) is 6.52. The Kier molecular flexibility index (Phi) is 8.74. The van der Waals surface area contributed by atoms with Gasteiger partial charge >= 0.3 is 0 Å². The van der Waals surface area contributed by atoms with Gasteiger partial charge < -0.3 is 19.4 Å². The molecule has 1 aromatic carbocycles. The van der Waals surface area contributed by atoms with Crippen LogP contribution in [0.2, 0.25) is 0 Å². The maximum atomic E-state index is 13.0. The number of aromatic nitrogens is 3. The van der Waals surface area contributed by atoms with E-state index in [1.54, 1.807) is 53.6 Å². The molecule has 38 heavy (non-hydrogen) atoms. The summed E-state index contributed by atoms with van der Waals surface area (Å²) in [6.45, 7) is 6.23. The number of carbonyl (C=O) groups is 2. The van der Waals surface area contributed by atoms with Gasteiger partial charge in [0.25, 0.3) is 5.91 Å². The van der Waals surface area contributed by atoms with Crippen LogP contribution in [-0.4, -0.2) is 32.8 Å². The Hall–Kier alpha value is -3.77. The van der Waals surface area contributed by atoms with Gasteiger partial charge in [-0.1, -0.05) is 35.9 Å². The number of nitrogens with two attached hydrogens (primary N) is 1. The molecule has 4 rings (SSSR count). The average Bonchev–Trinajstić information content (AvgIpc) is 3.23. The number of nitrogens with zero attached hydrogens (tertiary/aromatic N) is 3. The monoisotopic (exact) mass is 624 g/mol. The molecule has 1 aliphatic carbocycles. The maximum absolute atomic E-state index is 13.0. The summed E-state index contributed by atoms with van der Waals surface area (Å²) in [6, 6.07) is 6.77. The summed E-state index contributed by atoms with van der Waals surface area (Å²) in [5.74, 6) is 0.460. The van der Waals surface area contributed by atoms with Crippen LogP contribution < -0.4 is 16.4 Å². The first-order chi connectivity index (χ1) is 18.3. The molecule has 0 radical (unpaired) electrons. The van der Waals surface area contributed by atoms with Crippen molar-refractivity contribution < 1.29 is 12.7 Å². The number of carbonyl (C=O) groups excluding carboxylic acids is 2. The number of rotatable bonds is 8. The van der Waals surface area contributed by atoms with E-state index in [0.29, 0.717) is 35.0 Å². The van der Waals surface area contributed by atoms with Crippen LogP contribution in [0.4, 0.5) is 5.82 Å². The zero-order valence-corrected chi connectivity index (χ0v) is 23.5. The molecule has 2 amide bonds. The molecule has 0 saturated heterocycles. The van der Waals surface area contributed by atoms with Crippen molar-refractivity contribution in [1.29, 1.82) is 0 Å². The van der Waals surface area contributed by atoms with Gasteiger partial charge in [0, 0.05) is 35.3 Å². The SMILES string of the molecule is CC1=CCC(C)=C(NC(=O)c2ccc(-c3nc([C@H](C)NC(=O)/C=C/COI)n4ccnc(N)c34)cc2)C=C1. The summed E-state index contributed by atoms with van der Waals surface area (Å²) < 4.78 is 6.74. The second kappa shape index (κ2) is 12.2. The standard InChI is InChI=1S/C28H29IN6O3/c1-17-6-8-18(2)22(13-7-17)33-28(37)21-11-9-20(10-12-21)24-25-26(30)31-14-15-35(25)27(34-24)19(3)32-23(36)5-4-16-38-29/h4-7,9-15,19H,8,16H2,1-3H3,(H2,30,31)(H,32,36)(H,33,37)/b5-4+/t19-/m0/s1. The van der Waals surface area contributed by atoms with Crippen molar-refractivity contribution in [1.82, 2.24) is 25.0 Å². The van der Waals surface area contributed by atoms with Crippen LogP contribution in [-0.2, 0) is 7.86 Å². The van der Waals surface area contributed by atoms with Gasteiger partial charge in [0.15, 0.2) is 0 Å². The molecule has 0 unspecified atom stereocenters. The van der Waals surface area contributed by atoms with Gasteiger partial charge in [-0.3, -0.25) is 14.0 Å². The molecule has 3 aromatic rings. The molecule has 0 aliphatic heterocycles. The predicted molar refractivity (Wildman–Crippen MR) is 156 cm³/mol. The average molecular weight is 624 g/mol. The van der Waals surface area contributed by atoms with Crippen LogP contribution in [0, 0.1) is 0 Å². The number of allylic oxidation sites excluding steroid dienone is 5. The number of imidazole rings is 1. The number of nitrogens with one attached hydrogen (secondary N) is 2. The van der Waals surface area contributed by atoms with E-state index in [1.807, 2.05) is 49.5 Å². The lowest BCUT2D eigenvalue weighted by molar-refractivity contribution is -0.117. The van der Waals surface area contributed by atoms with Gasteiger partial charge in [-0.05, 0) is 51.0 Å². The molecule has 2 aromatic heterocycles. The molecule has 0 bridgehead atoms. The van der Waals surface area contributed by atoms with E-state index in [9.17, 15) is 9.59 Å². The highest BCUT2D eigenvalue weighted by molar-refractivity contribution is 14.1. The van der Waals surface area contributed by atoms with Crippen molar-refractivity contribution in [3.05, 3.63) is 95.3 Å². The Bertz CT molecular complexity index is 1480. The summed E-state index contributed by atoms with van der Waals surface area (Å²) in [5, 5.41) is 5.93. The zero-order valence-electron chi connectivity index (χ0n) is 21.4. The Balaban J connectivity index is 1.60. The lowest BCUT2D eigenvalue weighted by Gasteiger charge is -2.11. The number of nitrogen functional groups attached to an aromatic ring is 1. The van der Waals surface area contributed by atoms with Gasteiger partial charge in [-0.2, -0.15) is 0 Å².